The minimum Gasteiger partial charge on any atom is -0.339 e. The number of hydrogen-bond donors (Lipinski definition) is 0. The third-order valence-corrected chi connectivity index (χ3v) is 6.71. The number of carbonyl (C=O) groups is 1. The van der Waals surface area contributed by atoms with Crippen LogP contribution in [0.4, 0.5) is 0 Å². The molecule has 2 heterocycles. The number of aromatic nitrogens is 1. The number of amides is 1. The molecular formula is C25H31N4OP. The van der Waals surface area contributed by atoms with Gasteiger partial charge in [0.1, 0.15) is 0 Å². The number of carbonyl (C=O) groups excluding carboxylic acids is 1. The first-order valence-corrected chi connectivity index (χ1v) is 11.6. The molecule has 1 saturated heterocycles. The van der Waals surface area contributed by atoms with Gasteiger partial charge in [0, 0.05) is 62.0 Å². The van der Waals surface area contributed by atoms with Crippen LogP contribution in [0.3, 0.4) is 0 Å². The highest BCUT2D eigenvalue weighted by molar-refractivity contribution is 7.13. The van der Waals surface area contributed by atoms with Crippen molar-refractivity contribution in [3.63, 3.8) is 0 Å². The second-order valence-corrected chi connectivity index (χ2v) is 8.73. The summed E-state index contributed by atoms with van der Waals surface area (Å²) in [5.74, 6) is 0.0940. The van der Waals surface area contributed by atoms with Gasteiger partial charge in [-0.1, -0.05) is 45.8 Å². The van der Waals surface area contributed by atoms with Gasteiger partial charge in [0.15, 0.2) is 0 Å². The fourth-order valence-corrected chi connectivity index (χ4v) is 4.66. The summed E-state index contributed by atoms with van der Waals surface area (Å²) in [5.41, 5.74) is 4.22. The summed E-state index contributed by atoms with van der Waals surface area (Å²) < 4.78 is 2.29. The van der Waals surface area contributed by atoms with Crippen molar-refractivity contribution in [2.24, 2.45) is 0 Å². The maximum Gasteiger partial charge on any atom is 0.253 e. The first kappa shape index (κ1) is 21.9. The van der Waals surface area contributed by atoms with Crippen LogP contribution in [0.25, 0.3) is 10.9 Å². The van der Waals surface area contributed by atoms with E-state index in [1.165, 1.54) is 11.1 Å². The minimum absolute atomic E-state index is 0.0940. The van der Waals surface area contributed by atoms with Crippen LogP contribution in [0.5, 0.6) is 0 Å². The van der Waals surface area contributed by atoms with Gasteiger partial charge in [0.05, 0.1) is 11.6 Å². The lowest BCUT2D eigenvalue weighted by Gasteiger charge is -2.38. The first-order chi connectivity index (χ1) is 15.1. The van der Waals surface area contributed by atoms with E-state index in [2.05, 4.69) is 55.4 Å². The number of fused-ring (bicyclic) bond motifs is 1. The Kier molecular flexibility index (Phi) is 6.96. The zero-order chi connectivity index (χ0) is 21.8. The molecule has 0 radical (unpaired) electrons. The predicted molar refractivity (Wildman–Crippen MR) is 130 cm³/mol. The van der Waals surface area contributed by atoms with Crippen LogP contribution in [-0.2, 0) is 0 Å². The molecule has 0 saturated carbocycles. The lowest BCUT2D eigenvalue weighted by molar-refractivity contribution is 0.0773. The van der Waals surface area contributed by atoms with E-state index in [1.54, 1.807) is 0 Å². The van der Waals surface area contributed by atoms with E-state index >= 15 is 0 Å². The van der Waals surface area contributed by atoms with Crippen molar-refractivity contribution in [2.45, 2.75) is 19.9 Å². The molecule has 31 heavy (non-hydrogen) atoms. The highest BCUT2D eigenvalue weighted by atomic mass is 31.0. The summed E-state index contributed by atoms with van der Waals surface area (Å²) in [5, 5.41) is 1.16. The van der Waals surface area contributed by atoms with Crippen molar-refractivity contribution in [2.75, 3.05) is 39.3 Å². The molecule has 2 unspecified atom stereocenters. The second kappa shape index (κ2) is 9.86. The molecule has 0 spiro atoms. The molecule has 1 fully saturated rings. The van der Waals surface area contributed by atoms with E-state index in [4.69, 9.17) is 4.98 Å². The topological polar surface area (TPSA) is 39.7 Å². The molecule has 0 N–H and O–H groups in total. The number of para-hydroxylation sites is 1. The van der Waals surface area contributed by atoms with E-state index in [0.29, 0.717) is 0 Å². The Labute approximate surface area is 187 Å². The molecule has 6 heteroatoms. The van der Waals surface area contributed by atoms with Gasteiger partial charge in [-0.2, -0.15) is 0 Å². The van der Waals surface area contributed by atoms with Gasteiger partial charge >= 0.3 is 0 Å². The molecule has 1 aliphatic heterocycles. The Morgan fingerprint density at radius 2 is 1.68 bits per heavy atom. The molecule has 1 aliphatic rings. The van der Waals surface area contributed by atoms with Crippen LogP contribution in [0.1, 0.15) is 41.4 Å². The van der Waals surface area contributed by atoms with E-state index in [9.17, 15) is 4.79 Å². The van der Waals surface area contributed by atoms with Crippen molar-refractivity contribution >= 4 is 26.2 Å². The Hall–Kier alpha value is -2.33. The molecule has 0 aliphatic carbocycles. The zero-order valence-electron chi connectivity index (χ0n) is 18.4. The van der Waals surface area contributed by atoms with Gasteiger partial charge < -0.3 is 4.90 Å². The Morgan fingerprint density at radius 3 is 2.35 bits per heavy atom. The Morgan fingerprint density at radius 1 is 1.00 bits per heavy atom. The summed E-state index contributed by atoms with van der Waals surface area (Å²) in [6.07, 6.45) is 1.87. The average molecular weight is 435 g/mol. The SMILES string of the molecule is CCN(CC)C(=O)c1ccc(C(c2cccc3cccnc23)N2CCN(P)CC2)cc1. The minimum atomic E-state index is 0.0940. The number of rotatable bonds is 6. The lowest BCUT2D eigenvalue weighted by atomic mass is 9.93. The van der Waals surface area contributed by atoms with E-state index in [1.807, 2.05) is 43.1 Å². The van der Waals surface area contributed by atoms with Gasteiger partial charge in [0.25, 0.3) is 5.91 Å². The molecular weight excluding hydrogens is 403 g/mol. The maximum absolute atomic E-state index is 12.8. The van der Waals surface area contributed by atoms with Crippen LogP contribution < -0.4 is 0 Å². The van der Waals surface area contributed by atoms with Gasteiger partial charge in [-0.25, -0.2) is 0 Å². The van der Waals surface area contributed by atoms with Gasteiger partial charge in [-0.05, 0) is 37.6 Å². The molecule has 1 aromatic heterocycles. The van der Waals surface area contributed by atoms with Crippen molar-refractivity contribution in [3.05, 3.63) is 77.5 Å². The maximum atomic E-state index is 12.8. The van der Waals surface area contributed by atoms with Crippen molar-refractivity contribution in [1.82, 2.24) is 19.5 Å². The highest BCUT2D eigenvalue weighted by Gasteiger charge is 2.27. The molecule has 1 amide bonds. The predicted octanol–water partition coefficient (Wildman–Crippen LogP) is 4.21. The van der Waals surface area contributed by atoms with Crippen LogP contribution in [-0.4, -0.2) is 64.6 Å². The van der Waals surface area contributed by atoms with E-state index in [-0.39, 0.29) is 11.9 Å². The van der Waals surface area contributed by atoms with Crippen LogP contribution in [0.15, 0.2) is 60.8 Å². The van der Waals surface area contributed by atoms with Crippen molar-refractivity contribution in [1.29, 1.82) is 0 Å². The number of piperazine rings is 1. The summed E-state index contributed by atoms with van der Waals surface area (Å²) in [6, 6.07) is 18.9. The normalized spacial score (nSPS) is 16.4. The van der Waals surface area contributed by atoms with Crippen LogP contribution >= 0.6 is 9.39 Å². The Bertz CT molecular complexity index is 1020. The summed E-state index contributed by atoms with van der Waals surface area (Å²) in [6.45, 7) is 9.47. The molecule has 162 valence electrons. The quantitative estimate of drug-likeness (QED) is 0.545. The molecule has 3 aromatic rings. The molecule has 2 aromatic carbocycles. The average Bonchev–Trinajstić information content (AvgIpc) is 2.82. The standard InChI is InChI=1S/C25H31N4OP/c1-3-27(4-2)25(30)21-12-10-20(11-13-21)24(28-15-17-29(31)18-16-28)22-9-5-7-19-8-6-14-26-23(19)22/h5-14,24H,3-4,15-18,31H2,1-2H3. The summed E-state index contributed by atoms with van der Waals surface area (Å²) in [7, 11) is 2.82. The third-order valence-electron chi connectivity index (χ3n) is 6.20. The van der Waals surface area contributed by atoms with Gasteiger partial charge in [0.2, 0.25) is 0 Å². The van der Waals surface area contributed by atoms with Crippen molar-refractivity contribution < 1.29 is 4.79 Å². The van der Waals surface area contributed by atoms with Gasteiger partial charge in [-0.3, -0.25) is 19.3 Å². The number of nitrogens with zero attached hydrogens (tertiary/aromatic N) is 4. The third kappa shape index (κ3) is 4.64. The van der Waals surface area contributed by atoms with E-state index < -0.39 is 0 Å². The smallest absolute Gasteiger partial charge is 0.253 e. The van der Waals surface area contributed by atoms with E-state index in [0.717, 1.165) is 55.7 Å². The summed E-state index contributed by atoms with van der Waals surface area (Å²) >= 11 is 0. The molecule has 2 atom stereocenters. The highest BCUT2D eigenvalue weighted by Crippen LogP contribution is 2.34. The largest absolute Gasteiger partial charge is 0.339 e. The fraction of sp³-hybridized carbons (Fsp3) is 0.360. The first-order valence-electron chi connectivity index (χ1n) is 11.1. The molecule has 0 bridgehead atoms. The monoisotopic (exact) mass is 434 g/mol. The molecule has 4 rings (SSSR count). The molecule has 5 nitrogen and oxygen atoms in total. The van der Waals surface area contributed by atoms with Gasteiger partial charge in [-0.15, -0.1) is 0 Å². The number of hydrogen-bond acceptors (Lipinski definition) is 4. The number of benzene rings is 2. The van der Waals surface area contributed by atoms with Crippen LogP contribution in [0, 0.1) is 0 Å². The fourth-order valence-electron chi connectivity index (χ4n) is 4.43. The second-order valence-electron chi connectivity index (χ2n) is 8.00. The Balaban J connectivity index is 1.74. The zero-order valence-corrected chi connectivity index (χ0v) is 19.5. The number of pyridine rings is 1. The van der Waals surface area contributed by atoms with Crippen molar-refractivity contribution in [3.8, 4) is 0 Å². The lowest BCUT2D eigenvalue weighted by Crippen LogP contribution is -2.44. The summed E-state index contributed by atoms with van der Waals surface area (Å²) in [4.78, 5) is 21.9. The van der Waals surface area contributed by atoms with Crippen LogP contribution in [0.2, 0.25) is 0 Å².